The minimum absolute atomic E-state index is 0.0283. The Morgan fingerprint density at radius 2 is 1.93 bits per heavy atom. The van der Waals surface area contributed by atoms with E-state index in [9.17, 15) is 19.8 Å². The fourth-order valence-corrected chi connectivity index (χ4v) is 3.41. The van der Waals surface area contributed by atoms with Gasteiger partial charge in [-0.1, -0.05) is 6.07 Å². The van der Waals surface area contributed by atoms with Crippen LogP contribution in [0.2, 0.25) is 0 Å². The van der Waals surface area contributed by atoms with E-state index in [1.807, 2.05) is 0 Å². The van der Waals surface area contributed by atoms with Crippen LogP contribution in [0.25, 0.3) is 0 Å². The molecule has 1 aromatic carbocycles. The van der Waals surface area contributed by atoms with Crippen molar-refractivity contribution in [3.63, 3.8) is 0 Å². The molecule has 2 aromatic rings. The molecule has 0 unspecified atom stereocenters. The van der Waals surface area contributed by atoms with Gasteiger partial charge in [0.1, 0.15) is 12.4 Å². The molecule has 0 aliphatic carbocycles. The van der Waals surface area contributed by atoms with Crippen LogP contribution in [-0.4, -0.2) is 61.5 Å². The number of aromatic hydroxyl groups is 2. The van der Waals surface area contributed by atoms with Gasteiger partial charge in [-0.25, -0.2) is 0 Å². The molecule has 1 amide bonds. The summed E-state index contributed by atoms with van der Waals surface area (Å²) in [5.74, 6) is -1.27. The van der Waals surface area contributed by atoms with Gasteiger partial charge in [0, 0.05) is 32.7 Å². The van der Waals surface area contributed by atoms with Gasteiger partial charge in [-0.2, -0.15) is 0 Å². The Balaban J connectivity index is 2.04. The number of amides is 1. The molecule has 1 saturated heterocycles. The number of rotatable bonds is 7. The van der Waals surface area contributed by atoms with Gasteiger partial charge in [-0.3, -0.25) is 9.59 Å². The van der Waals surface area contributed by atoms with Gasteiger partial charge in [0.2, 0.25) is 17.1 Å². The Bertz CT molecular complexity index is 949. The molecule has 2 N–H and O–H groups in total. The molecule has 1 atom stereocenters. The van der Waals surface area contributed by atoms with Gasteiger partial charge < -0.3 is 33.7 Å². The summed E-state index contributed by atoms with van der Waals surface area (Å²) in [5, 5.41) is 20.7. The number of phenolic OH excluding ortho intramolecular Hbond substituents is 1. The highest BCUT2D eigenvalue weighted by molar-refractivity contribution is 5.78. The van der Waals surface area contributed by atoms with Gasteiger partial charge in [0.15, 0.2) is 17.3 Å². The maximum atomic E-state index is 12.9. The lowest BCUT2D eigenvalue weighted by Gasteiger charge is -2.28. The zero-order valence-electron chi connectivity index (χ0n) is 16.9. The third-order valence-electron chi connectivity index (χ3n) is 4.95. The van der Waals surface area contributed by atoms with E-state index in [-0.39, 0.29) is 42.0 Å². The number of methoxy groups -OCH3 is 2. The molecular weight excluding hydrogens is 394 g/mol. The van der Waals surface area contributed by atoms with E-state index >= 15 is 0 Å². The summed E-state index contributed by atoms with van der Waals surface area (Å²) in [6.45, 7) is 1.84. The Labute approximate surface area is 173 Å². The van der Waals surface area contributed by atoms with Gasteiger partial charge in [0.05, 0.1) is 26.2 Å². The first-order chi connectivity index (χ1) is 14.4. The Morgan fingerprint density at radius 3 is 2.57 bits per heavy atom. The molecule has 2 heterocycles. The molecule has 0 spiro atoms. The summed E-state index contributed by atoms with van der Waals surface area (Å²) in [7, 11) is 2.88. The average Bonchev–Trinajstić information content (AvgIpc) is 2.75. The normalized spacial score (nSPS) is 15.1. The number of ether oxygens (including phenoxy) is 3. The minimum atomic E-state index is -0.804. The Kier molecular flexibility index (Phi) is 6.96. The maximum absolute atomic E-state index is 12.9. The number of benzene rings is 1. The van der Waals surface area contributed by atoms with Crippen molar-refractivity contribution in [1.82, 2.24) is 4.90 Å². The predicted molar refractivity (Wildman–Crippen MR) is 106 cm³/mol. The zero-order valence-corrected chi connectivity index (χ0v) is 16.9. The van der Waals surface area contributed by atoms with Crippen molar-refractivity contribution in [2.45, 2.75) is 18.9 Å². The summed E-state index contributed by atoms with van der Waals surface area (Å²) in [5.41, 5.74) is -0.146. The molecule has 1 fully saturated rings. The van der Waals surface area contributed by atoms with E-state index in [4.69, 9.17) is 18.6 Å². The van der Waals surface area contributed by atoms with Crippen molar-refractivity contribution in [2.75, 3.05) is 40.5 Å². The average molecular weight is 419 g/mol. The van der Waals surface area contributed by atoms with Crippen LogP contribution in [0.4, 0.5) is 0 Å². The Hall–Kier alpha value is -3.04. The molecule has 0 saturated carbocycles. The van der Waals surface area contributed by atoms with Gasteiger partial charge in [-0.05, 0) is 17.7 Å². The minimum Gasteiger partial charge on any atom is -0.504 e. The summed E-state index contributed by atoms with van der Waals surface area (Å²) in [6.07, 6.45) is -0.0707. The molecule has 1 aliphatic heterocycles. The van der Waals surface area contributed by atoms with E-state index < -0.39 is 17.1 Å². The summed E-state index contributed by atoms with van der Waals surface area (Å²) >= 11 is 0. The van der Waals surface area contributed by atoms with Crippen molar-refractivity contribution in [3.8, 4) is 17.2 Å². The van der Waals surface area contributed by atoms with Crippen LogP contribution >= 0.6 is 0 Å². The van der Waals surface area contributed by atoms with E-state index in [2.05, 4.69) is 0 Å². The second-order valence-corrected chi connectivity index (χ2v) is 6.90. The van der Waals surface area contributed by atoms with E-state index in [1.54, 1.807) is 17.0 Å². The fourth-order valence-electron chi connectivity index (χ4n) is 3.41. The zero-order chi connectivity index (χ0) is 21.7. The molecule has 9 nitrogen and oxygen atoms in total. The first-order valence-electron chi connectivity index (χ1n) is 9.51. The lowest BCUT2D eigenvalue weighted by molar-refractivity contribution is -0.135. The number of hydrogen-bond donors (Lipinski definition) is 2. The Morgan fingerprint density at radius 1 is 1.20 bits per heavy atom. The summed E-state index contributed by atoms with van der Waals surface area (Å²) in [4.78, 5) is 26.9. The molecule has 30 heavy (non-hydrogen) atoms. The number of carbonyl (C=O) groups is 1. The third-order valence-corrected chi connectivity index (χ3v) is 4.95. The molecule has 0 radical (unpaired) electrons. The lowest BCUT2D eigenvalue weighted by Crippen LogP contribution is -2.41. The van der Waals surface area contributed by atoms with Crippen molar-refractivity contribution >= 4 is 5.91 Å². The summed E-state index contributed by atoms with van der Waals surface area (Å²) in [6, 6.07) is 5.77. The second kappa shape index (κ2) is 9.64. The van der Waals surface area contributed by atoms with Crippen LogP contribution < -0.4 is 10.2 Å². The van der Waals surface area contributed by atoms with Crippen molar-refractivity contribution in [3.05, 3.63) is 51.6 Å². The van der Waals surface area contributed by atoms with Crippen LogP contribution in [0, 0.1) is 0 Å². The predicted octanol–water partition coefficient (Wildman–Crippen LogP) is 1.59. The number of phenols is 1. The maximum Gasteiger partial charge on any atom is 0.227 e. The highest BCUT2D eigenvalue weighted by atomic mass is 16.5. The monoisotopic (exact) mass is 419 g/mol. The molecular formula is C21H25NO8. The lowest BCUT2D eigenvalue weighted by atomic mass is 9.91. The number of morpholine rings is 1. The highest BCUT2D eigenvalue weighted by Gasteiger charge is 2.29. The van der Waals surface area contributed by atoms with Crippen LogP contribution in [0.3, 0.4) is 0 Å². The van der Waals surface area contributed by atoms with Crippen molar-refractivity contribution < 1.29 is 33.6 Å². The van der Waals surface area contributed by atoms with Crippen LogP contribution in [0.5, 0.6) is 17.2 Å². The third kappa shape index (κ3) is 4.74. The molecule has 3 rings (SSSR count). The number of nitrogens with zero attached hydrogens (tertiary/aromatic N) is 1. The molecule has 1 aromatic heterocycles. The van der Waals surface area contributed by atoms with Crippen LogP contribution in [-0.2, 0) is 20.9 Å². The number of hydrogen-bond acceptors (Lipinski definition) is 8. The van der Waals surface area contributed by atoms with E-state index in [1.165, 1.54) is 20.3 Å². The fraction of sp³-hybridized carbons (Fsp3) is 0.429. The standard InChI is InChI=1S/C21H25NO8/c1-27-12-14-10-17(24)20(26)21(30-14)15(11-19(25)22-5-7-29-8-6-22)13-3-4-18(28-2)16(23)9-13/h3-4,9-10,15,23,26H,5-8,11-12H2,1-2H3/t15-/m1/s1. The first-order valence-corrected chi connectivity index (χ1v) is 9.51. The van der Waals surface area contributed by atoms with Gasteiger partial charge >= 0.3 is 0 Å². The van der Waals surface area contributed by atoms with Crippen molar-refractivity contribution in [2.24, 2.45) is 0 Å². The summed E-state index contributed by atoms with van der Waals surface area (Å²) < 4.78 is 21.1. The molecule has 162 valence electrons. The van der Waals surface area contributed by atoms with Crippen LogP contribution in [0.1, 0.15) is 29.4 Å². The van der Waals surface area contributed by atoms with E-state index in [0.717, 1.165) is 6.07 Å². The van der Waals surface area contributed by atoms with Crippen LogP contribution in [0.15, 0.2) is 33.5 Å². The topological polar surface area (TPSA) is 119 Å². The molecule has 1 aliphatic rings. The SMILES string of the molecule is COCc1cc(=O)c(O)c([C@H](CC(=O)N2CCOCC2)c2ccc(OC)c(O)c2)o1. The largest absolute Gasteiger partial charge is 0.504 e. The molecule has 9 heteroatoms. The smallest absolute Gasteiger partial charge is 0.227 e. The second-order valence-electron chi connectivity index (χ2n) is 6.90. The van der Waals surface area contributed by atoms with Gasteiger partial charge in [0.25, 0.3) is 0 Å². The molecule has 0 bridgehead atoms. The van der Waals surface area contributed by atoms with Gasteiger partial charge in [-0.15, -0.1) is 0 Å². The first kappa shape index (κ1) is 21.7. The highest BCUT2D eigenvalue weighted by Crippen LogP contribution is 2.37. The quantitative estimate of drug-likeness (QED) is 0.695. The number of carbonyl (C=O) groups excluding carboxylic acids is 1. The van der Waals surface area contributed by atoms with E-state index in [0.29, 0.717) is 31.9 Å². The van der Waals surface area contributed by atoms with Crippen molar-refractivity contribution in [1.29, 1.82) is 0 Å².